The highest BCUT2D eigenvalue weighted by Gasteiger charge is 2.39. The molecule has 16 amide bonds. The van der Waals surface area contributed by atoms with Crippen molar-refractivity contribution in [1.82, 2.24) is 85.1 Å². The van der Waals surface area contributed by atoms with Crippen LogP contribution in [0.2, 0.25) is 0 Å². The highest BCUT2D eigenvalue weighted by atomic mass is 16.6. The molecule has 40 heteroatoms. The molecule has 1 aromatic carbocycles. The molecule has 1 aromatic rings. The number of aliphatic hydroxyl groups is 2. The molecule has 1 saturated heterocycles. The van der Waals surface area contributed by atoms with E-state index in [0.29, 0.717) is 5.56 Å². The van der Waals surface area contributed by atoms with Crippen molar-refractivity contribution in [2.75, 3.05) is 45.8 Å². The van der Waals surface area contributed by atoms with Crippen molar-refractivity contribution in [2.45, 2.75) is 284 Å². The predicted molar refractivity (Wildman–Crippen MR) is 413 cm³/mol. The highest BCUT2D eigenvalue weighted by molar-refractivity contribution is 5.99. The molecule has 0 aromatic heterocycles. The number of hydrogen-bond acceptors (Lipinski definition) is 24. The fourth-order valence-electron chi connectivity index (χ4n) is 10.3. The van der Waals surface area contributed by atoms with E-state index in [4.69, 9.17) is 29.4 Å². The van der Waals surface area contributed by atoms with E-state index in [1.54, 1.807) is 148 Å². The normalized spacial score (nSPS) is 20.1. The third-order valence-corrected chi connectivity index (χ3v) is 15.6. The van der Waals surface area contributed by atoms with E-state index in [0.717, 1.165) is 13.8 Å². The average Bonchev–Trinajstić information content (AvgIpc) is 0.982. The van der Waals surface area contributed by atoms with Crippen LogP contribution < -0.4 is 90.8 Å². The summed E-state index contributed by atoms with van der Waals surface area (Å²) in [7, 11) is 0. The van der Waals surface area contributed by atoms with Crippen molar-refractivity contribution in [2.24, 2.45) is 11.7 Å². The Kier molecular flexibility index (Phi) is 40.9. The molecule has 0 bridgehead atoms. The van der Waals surface area contributed by atoms with Gasteiger partial charge in [-0.3, -0.25) is 52.7 Å². The van der Waals surface area contributed by atoms with Crippen molar-refractivity contribution in [1.29, 1.82) is 0 Å². The number of hydrogen-bond donors (Lipinski definition) is 19. The highest BCUT2D eigenvalue weighted by Crippen LogP contribution is 2.15. The zero-order chi connectivity index (χ0) is 86.8. The minimum absolute atomic E-state index is 0.123. The first-order chi connectivity index (χ1) is 52.6. The lowest BCUT2D eigenvalue weighted by molar-refractivity contribution is -0.136. The van der Waals surface area contributed by atoms with Gasteiger partial charge in [-0.15, -0.1) is 0 Å². The average molecular weight is 1620 g/mol. The number of benzene rings is 1. The number of amides is 16. The van der Waals surface area contributed by atoms with Crippen LogP contribution >= 0.6 is 0 Å². The molecule has 40 nitrogen and oxygen atoms in total. The Hall–Kier alpha value is -10.4. The molecule has 1 aliphatic heterocycles. The Morgan fingerprint density at radius 2 is 0.842 bits per heavy atom. The van der Waals surface area contributed by atoms with Gasteiger partial charge in [-0.05, 0) is 174 Å². The van der Waals surface area contributed by atoms with Gasteiger partial charge in [0.2, 0.25) is 65.0 Å². The summed E-state index contributed by atoms with van der Waals surface area (Å²) in [5, 5.41) is 62.1. The van der Waals surface area contributed by atoms with Gasteiger partial charge in [-0.2, -0.15) is 0 Å². The van der Waals surface area contributed by atoms with E-state index in [9.17, 15) is 67.7 Å². The zero-order valence-corrected chi connectivity index (χ0v) is 69.0. The number of aliphatic hydroxyl groups excluding tert-OH is 2. The molecule has 1 heterocycles. The second kappa shape index (κ2) is 46.7. The Labute approximate surface area is 665 Å². The number of ether oxygens (including phenoxy) is 5. The van der Waals surface area contributed by atoms with Crippen LogP contribution in [0.1, 0.15) is 182 Å². The minimum atomic E-state index is -1.94. The smallest absolute Gasteiger partial charge is 0.408 e. The third kappa shape index (κ3) is 42.5. The molecular formula is C74H125N17O23. The Bertz CT molecular complexity index is 3420. The zero-order valence-electron chi connectivity index (χ0n) is 69.0. The van der Waals surface area contributed by atoms with Crippen LogP contribution in [-0.4, -0.2) is 252 Å². The topological polar surface area (TPSA) is 578 Å². The minimum Gasteiger partial charge on any atom is -0.444 e. The van der Waals surface area contributed by atoms with Crippen molar-refractivity contribution < 1.29 is 111 Å². The summed E-state index contributed by atoms with van der Waals surface area (Å²) >= 11 is 0. The van der Waals surface area contributed by atoms with Gasteiger partial charge in [0, 0.05) is 45.7 Å². The Balaban J connectivity index is 3.02. The molecule has 0 radical (unpaired) electrons. The fourth-order valence-corrected chi connectivity index (χ4v) is 10.3. The standard InChI is InChI=1S/C74H125N17O23/c1-40(2)37-50-61(101)86-46(27-33-78-65(105)110-70(5,6)7)57(97)85-49(30-36-81-68(108)113-73(14,15)16)60(100)91-53(41(3)92)63(103)77-32-26-45(56(96)84-47(28-34-79-66(106)111-71(8,9)10)59(99)89-51(62(102)88-50)38-43-23-21-20-22-24-43)83-58(98)48(29-35-80-67(107)112-72(11,12)13)87-64(104)54(42(4)93)90-55(95)44(75)25-31-76-52(94)39-82-69(109)114-74(17,18)19/h20-24,40-42,44-51,53-54,92-93H,25-39,75H2,1-19H3,(H,76,94)(H,77,103)(H,78,105)(H,79,106)(H,80,107)(H,81,108)(H,82,109)(H,83,98)(H,84,96)(H,85,97)(H,86,101)(H,87,104)(H,88,102)(H,89,99)(H,90,95)(H,91,100)/t41?,42?,44-,45-,46-,47-,48-,49-,50-,51+,53-,54-/m0/s1. The van der Waals surface area contributed by atoms with Crippen molar-refractivity contribution in [3.63, 3.8) is 0 Å². The van der Waals surface area contributed by atoms with Gasteiger partial charge in [0.05, 0.1) is 24.8 Å². The first-order valence-electron chi connectivity index (χ1n) is 37.9. The molecule has 644 valence electrons. The summed E-state index contributed by atoms with van der Waals surface area (Å²) in [6, 6.07) is -9.20. The van der Waals surface area contributed by atoms with E-state index in [-0.39, 0.29) is 38.3 Å². The number of nitrogens with one attached hydrogen (secondary N) is 16. The number of carbonyl (C=O) groups is 16. The Morgan fingerprint density at radius 1 is 0.456 bits per heavy atom. The lowest BCUT2D eigenvalue weighted by atomic mass is 10.00. The molecule has 2 rings (SSSR count). The summed E-state index contributed by atoms with van der Waals surface area (Å²) in [4.78, 5) is 224. The second-order valence-electron chi connectivity index (χ2n) is 32.8. The Morgan fingerprint density at radius 3 is 1.27 bits per heavy atom. The number of carbonyl (C=O) groups excluding carboxylic acids is 16. The van der Waals surface area contributed by atoms with Gasteiger partial charge in [0.25, 0.3) is 0 Å². The van der Waals surface area contributed by atoms with Crippen molar-refractivity contribution >= 4 is 95.4 Å². The molecule has 12 atom stereocenters. The maximum Gasteiger partial charge on any atom is 0.408 e. The van der Waals surface area contributed by atoms with Crippen LogP contribution in [0.25, 0.3) is 0 Å². The fraction of sp³-hybridized carbons (Fsp3) is 0.703. The van der Waals surface area contributed by atoms with Crippen LogP contribution in [0.4, 0.5) is 24.0 Å². The second-order valence-corrected chi connectivity index (χ2v) is 32.8. The van der Waals surface area contributed by atoms with Crippen LogP contribution in [0.15, 0.2) is 30.3 Å². The van der Waals surface area contributed by atoms with Crippen LogP contribution in [0.3, 0.4) is 0 Å². The molecule has 0 aliphatic carbocycles. The van der Waals surface area contributed by atoms with E-state index in [2.05, 4.69) is 85.1 Å². The van der Waals surface area contributed by atoms with Gasteiger partial charge >= 0.3 is 30.5 Å². The largest absolute Gasteiger partial charge is 0.444 e. The molecule has 0 saturated carbocycles. The van der Waals surface area contributed by atoms with Gasteiger partial charge in [-0.1, -0.05) is 44.2 Å². The monoisotopic (exact) mass is 1620 g/mol. The van der Waals surface area contributed by atoms with Crippen LogP contribution in [0.5, 0.6) is 0 Å². The van der Waals surface area contributed by atoms with E-state index < -0.39 is 261 Å². The lowest BCUT2D eigenvalue weighted by Crippen LogP contribution is -2.62. The predicted octanol–water partition coefficient (Wildman–Crippen LogP) is -1.06. The first kappa shape index (κ1) is 99.7. The van der Waals surface area contributed by atoms with Gasteiger partial charge in [0.15, 0.2) is 0 Å². The summed E-state index contributed by atoms with van der Waals surface area (Å²) in [5.41, 5.74) is 1.74. The molecule has 0 spiro atoms. The molecule has 1 aliphatic rings. The van der Waals surface area contributed by atoms with E-state index in [1.165, 1.54) is 0 Å². The van der Waals surface area contributed by atoms with Gasteiger partial charge in [-0.25, -0.2) is 24.0 Å². The van der Waals surface area contributed by atoms with E-state index >= 15 is 19.2 Å². The molecule has 2 unspecified atom stereocenters. The molecule has 114 heavy (non-hydrogen) atoms. The van der Waals surface area contributed by atoms with Crippen LogP contribution in [-0.2, 0) is 82.8 Å². The summed E-state index contributed by atoms with van der Waals surface area (Å²) in [6.07, 6.45) is -11.4. The van der Waals surface area contributed by atoms with Gasteiger partial charge < -0.3 is 125 Å². The number of nitrogens with two attached hydrogens (primary N) is 1. The summed E-state index contributed by atoms with van der Waals surface area (Å²) < 4.78 is 26.6. The maximum atomic E-state index is 15.3. The summed E-state index contributed by atoms with van der Waals surface area (Å²) in [6.45, 7) is 26.5. The molecule has 20 N–H and O–H groups in total. The van der Waals surface area contributed by atoms with Crippen molar-refractivity contribution in [3.05, 3.63) is 35.9 Å². The van der Waals surface area contributed by atoms with Gasteiger partial charge in [0.1, 0.15) is 82.4 Å². The van der Waals surface area contributed by atoms with Crippen LogP contribution in [0, 0.1) is 5.92 Å². The quantitative estimate of drug-likeness (QED) is 0.0425. The maximum absolute atomic E-state index is 15.3. The molecule has 1 fully saturated rings. The SMILES string of the molecule is CC(C)C[C@@H]1NC(=O)[C@@H](Cc2ccccc2)NC(=O)[C@H](CCNC(=O)OC(C)(C)C)NC(=O)[C@@H](NC(=O)[C@H](CCNC(=O)OC(C)(C)C)NC(=O)[C@@H](NC(=O)[C@@H](N)CCNC(=O)CNC(=O)OC(C)(C)C)C(C)O)CCNC(=O)[C@H](C(C)O)NC(=O)[C@H](CCNC(=O)OC(C)(C)C)NC(=O)[C@H](CCNC(=O)OC(C)(C)C)NC1=O. The lowest BCUT2D eigenvalue weighted by Gasteiger charge is -2.29. The number of alkyl carbamates (subject to hydrolysis) is 5. The van der Waals surface area contributed by atoms with E-state index in [1.807, 2.05) is 0 Å². The van der Waals surface area contributed by atoms with Crippen molar-refractivity contribution in [3.8, 4) is 0 Å². The summed E-state index contributed by atoms with van der Waals surface area (Å²) in [5.74, 6) is -12.3. The first-order valence-corrected chi connectivity index (χ1v) is 37.9. The number of rotatable bonds is 29. The third-order valence-electron chi connectivity index (χ3n) is 15.6. The molecular weight excluding hydrogens is 1490 g/mol.